The molecular formula is C21H16FN3O4S. The van der Waals surface area contributed by atoms with Crippen molar-refractivity contribution in [2.45, 2.75) is 6.42 Å². The van der Waals surface area contributed by atoms with Crippen molar-refractivity contribution in [2.75, 3.05) is 14.2 Å². The van der Waals surface area contributed by atoms with Crippen LogP contribution in [0.3, 0.4) is 0 Å². The molecule has 0 spiro atoms. The summed E-state index contributed by atoms with van der Waals surface area (Å²) in [5.41, 5.74) is 0.677. The van der Waals surface area contributed by atoms with Crippen LogP contribution in [0.25, 0.3) is 11.0 Å². The molecule has 0 aliphatic rings. The number of benzene rings is 2. The maximum atomic E-state index is 13.1. The second-order valence-electron chi connectivity index (χ2n) is 6.39. The topological polar surface area (TPSA) is 82.8 Å². The highest BCUT2D eigenvalue weighted by molar-refractivity contribution is 7.15. The van der Waals surface area contributed by atoms with E-state index in [1.165, 1.54) is 26.4 Å². The van der Waals surface area contributed by atoms with Crippen molar-refractivity contribution in [3.05, 3.63) is 90.3 Å². The first-order valence-corrected chi connectivity index (χ1v) is 9.71. The van der Waals surface area contributed by atoms with Crippen molar-refractivity contribution in [2.24, 2.45) is 0 Å². The van der Waals surface area contributed by atoms with Crippen LogP contribution in [-0.2, 0) is 6.42 Å². The summed E-state index contributed by atoms with van der Waals surface area (Å²) in [6.07, 6.45) is 1.79. The zero-order valence-corrected chi connectivity index (χ0v) is 16.9. The van der Waals surface area contributed by atoms with Gasteiger partial charge in [-0.25, -0.2) is 4.39 Å². The standard InChI is InChI=1S/C21H16FN3O4S/c1-28-16-8-5-13(10-17(16)29-2)9-15-19(26)23-21-25(24-15)20(27)18(30-21)11-12-3-6-14(22)7-4-12/h3-8,10-11H,9H2,1-2H3/b18-11-. The Morgan fingerprint density at radius 3 is 2.50 bits per heavy atom. The monoisotopic (exact) mass is 425 g/mol. The first-order valence-electron chi connectivity index (χ1n) is 8.89. The van der Waals surface area contributed by atoms with Crippen LogP contribution in [0.2, 0.25) is 0 Å². The number of rotatable bonds is 5. The second kappa shape index (κ2) is 8.03. The normalized spacial score (nSPS) is 11.8. The molecule has 4 rings (SSSR count). The van der Waals surface area contributed by atoms with Gasteiger partial charge in [-0.15, -0.1) is 0 Å². The van der Waals surface area contributed by atoms with E-state index in [2.05, 4.69) is 10.1 Å². The summed E-state index contributed by atoms with van der Waals surface area (Å²) in [7, 11) is 3.06. The van der Waals surface area contributed by atoms with E-state index in [0.717, 1.165) is 21.4 Å². The summed E-state index contributed by atoms with van der Waals surface area (Å²) in [5.74, 6) is 0.736. The predicted octanol–water partition coefficient (Wildman–Crippen LogP) is 1.81. The molecular weight excluding hydrogens is 409 g/mol. The van der Waals surface area contributed by atoms with Gasteiger partial charge >= 0.3 is 0 Å². The first-order chi connectivity index (χ1) is 14.5. The van der Waals surface area contributed by atoms with Gasteiger partial charge in [-0.1, -0.05) is 29.5 Å². The fourth-order valence-electron chi connectivity index (χ4n) is 2.95. The molecule has 0 aliphatic carbocycles. The van der Waals surface area contributed by atoms with Crippen LogP contribution in [0.5, 0.6) is 11.5 Å². The van der Waals surface area contributed by atoms with Crippen LogP contribution in [-0.4, -0.2) is 28.8 Å². The second-order valence-corrected chi connectivity index (χ2v) is 7.40. The summed E-state index contributed by atoms with van der Waals surface area (Å²) in [6.45, 7) is 0. The van der Waals surface area contributed by atoms with Crippen molar-refractivity contribution < 1.29 is 13.9 Å². The number of fused-ring (bicyclic) bond motifs is 1. The summed E-state index contributed by atoms with van der Waals surface area (Å²) < 4.78 is 25.1. The number of halogens is 1. The van der Waals surface area contributed by atoms with Crippen LogP contribution in [0.4, 0.5) is 4.39 Å². The molecule has 2 heterocycles. The first kappa shape index (κ1) is 19.7. The Morgan fingerprint density at radius 2 is 1.80 bits per heavy atom. The van der Waals surface area contributed by atoms with Gasteiger partial charge in [0.05, 0.1) is 18.8 Å². The van der Waals surface area contributed by atoms with Gasteiger partial charge in [-0.05, 0) is 41.5 Å². The Bertz CT molecular complexity index is 1400. The lowest BCUT2D eigenvalue weighted by atomic mass is 10.1. The fourth-order valence-corrected chi connectivity index (χ4v) is 3.85. The SMILES string of the molecule is COc1ccc(Cc2nn3c(=O)/c(=C/c4ccc(F)cc4)sc3nc2=O)cc1OC. The van der Waals surface area contributed by atoms with Crippen molar-refractivity contribution in [3.63, 3.8) is 0 Å². The molecule has 0 unspecified atom stereocenters. The molecule has 4 aromatic rings. The van der Waals surface area contributed by atoms with E-state index in [1.54, 1.807) is 36.4 Å². The Kier molecular flexibility index (Phi) is 5.28. The van der Waals surface area contributed by atoms with Crippen LogP contribution in [0.15, 0.2) is 52.1 Å². The Morgan fingerprint density at radius 1 is 1.07 bits per heavy atom. The van der Waals surface area contributed by atoms with Crippen molar-refractivity contribution in [3.8, 4) is 11.5 Å². The van der Waals surface area contributed by atoms with Crippen molar-refractivity contribution in [1.29, 1.82) is 0 Å². The molecule has 0 aliphatic heterocycles. The minimum Gasteiger partial charge on any atom is -0.493 e. The predicted molar refractivity (Wildman–Crippen MR) is 111 cm³/mol. The molecule has 0 amide bonds. The molecule has 9 heteroatoms. The average Bonchev–Trinajstić information content (AvgIpc) is 3.04. The molecule has 0 N–H and O–H groups in total. The van der Waals surface area contributed by atoms with Gasteiger partial charge in [-0.2, -0.15) is 14.6 Å². The van der Waals surface area contributed by atoms with Crippen molar-refractivity contribution >= 4 is 22.4 Å². The molecule has 7 nitrogen and oxygen atoms in total. The van der Waals surface area contributed by atoms with Gasteiger partial charge in [0.2, 0.25) is 4.96 Å². The maximum Gasteiger partial charge on any atom is 0.296 e. The van der Waals surface area contributed by atoms with Gasteiger partial charge in [-0.3, -0.25) is 9.59 Å². The van der Waals surface area contributed by atoms with E-state index in [1.807, 2.05) is 0 Å². The third-order valence-corrected chi connectivity index (χ3v) is 5.40. The summed E-state index contributed by atoms with van der Waals surface area (Å²) in [5, 5.41) is 4.23. The lowest BCUT2D eigenvalue weighted by Crippen LogP contribution is -2.28. The summed E-state index contributed by atoms with van der Waals surface area (Å²) >= 11 is 1.05. The molecule has 2 aromatic heterocycles. The molecule has 0 fully saturated rings. The summed E-state index contributed by atoms with van der Waals surface area (Å²) in [6, 6.07) is 11.0. The van der Waals surface area contributed by atoms with E-state index in [4.69, 9.17) is 9.47 Å². The molecule has 152 valence electrons. The van der Waals surface area contributed by atoms with Gasteiger partial charge in [0.15, 0.2) is 11.5 Å². The third-order valence-electron chi connectivity index (χ3n) is 4.44. The van der Waals surface area contributed by atoms with E-state index in [0.29, 0.717) is 21.6 Å². The highest BCUT2D eigenvalue weighted by atomic mass is 32.1. The minimum absolute atomic E-state index is 0.142. The smallest absolute Gasteiger partial charge is 0.296 e. The highest BCUT2D eigenvalue weighted by Gasteiger charge is 2.13. The molecule has 0 atom stereocenters. The molecule has 2 aromatic carbocycles. The quantitative estimate of drug-likeness (QED) is 0.485. The number of ether oxygens (including phenoxy) is 2. The minimum atomic E-state index is -0.501. The number of nitrogens with zero attached hydrogens (tertiary/aromatic N) is 3. The van der Waals surface area contributed by atoms with Gasteiger partial charge in [0.1, 0.15) is 11.5 Å². The Labute approximate surface area is 173 Å². The van der Waals surface area contributed by atoms with Gasteiger partial charge < -0.3 is 9.47 Å². The fraction of sp³-hybridized carbons (Fsp3) is 0.143. The van der Waals surface area contributed by atoms with Crippen LogP contribution in [0, 0.1) is 5.82 Å². The number of hydrogen-bond acceptors (Lipinski definition) is 7. The van der Waals surface area contributed by atoms with Crippen LogP contribution < -0.4 is 25.1 Å². The number of thiazole rings is 1. The maximum absolute atomic E-state index is 13.1. The largest absolute Gasteiger partial charge is 0.493 e. The van der Waals surface area contributed by atoms with Crippen LogP contribution >= 0.6 is 11.3 Å². The van der Waals surface area contributed by atoms with E-state index >= 15 is 0 Å². The lowest BCUT2D eigenvalue weighted by molar-refractivity contribution is 0.354. The van der Waals surface area contributed by atoms with Crippen molar-refractivity contribution in [1.82, 2.24) is 14.6 Å². The molecule has 0 saturated heterocycles. The van der Waals surface area contributed by atoms with E-state index in [9.17, 15) is 14.0 Å². The number of hydrogen-bond donors (Lipinski definition) is 0. The average molecular weight is 425 g/mol. The van der Waals surface area contributed by atoms with Gasteiger partial charge in [0.25, 0.3) is 11.1 Å². The van der Waals surface area contributed by atoms with Gasteiger partial charge in [0, 0.05) is 6.42 Å². The highest BCUT2D eigenvalue weighted by Crippen LogP contribution is 2.28. The number of aromatic nitrogens is 3. The zero-order chi connectivity index (χ0) is 21.3. The zero-order valence-electron chi connectivity index (χ0n) is 16.1. The molecule has 0 saturated carbocycles. The van der Waals surface area contributed by atoms with E-state index < -0.39 is 5.56 Å². The molecule has 0 radical (unpaired) electrons. The number of methoxy groups -OCH3 is 2. The van der Waals surface area contributed by atoms with E-state index in [-0.39, 0.29) is 28.5 Å². The Balaban J connectivity index is 1.75. The third kappa shape index (κ3) is 3.79. The van der Waals surface area contributed by atoms with Crippen LogP contribution in [0.1, 0.15) is 16.8 Å². The molecule has 30 heavy (non-hydrogen) atoms. The lowest BCUT2D eigenvalue weighted by Gasteiger charge is -2.09. The Hall–Kier alpha value is -3.59. The molecule has 0 bridgehead atoms. The summed E-state index contributed by atoms with van der Waals surface area (Å²) in [4.78, 5) is 29.4.